The van der Waals surface area contributed by atoms with Crippen LogP contribution in [-0.2, 0) is 11.3 Å². The Kier molecular flexibility index (Phi) is 5.33. The molecule has 0 saturated carbocycles. The molecule has 2 aromatic heterocycles. The molecule has 24 heavy (non-hydrogen) atoms. The average Bonchev–Trinajstić information content (AvgIpc) is 3.17. The molecular formula is C16H16ClN3O2S2. The number of aromatic amines is 1. The monoisotopic (exact) mass is 381 g/mol. The van der Waals surface area contributed by atoms with Gasteiger partial charge in [0.1, 0.15) is 5.75 Å². The molecule has 3 aromatic rings. The Morgan fingerprint density at radius 3 is 2.96 bits per heavy atom. The number of carbonyl (C=O) groups excluding carboxylic acids is 1. The molecule has 0 saturated heterocycles. The van der Waals surface area contributed by atoms with E-state index in [9.17, 15) is 4.79 Å². The lowest BCUT2D eigenvalue weighted by molar-refractivity contribution is -0.127. The molecule has 1 amide bonds. The lowest BCUT2D eigenvalue weighted by atomic mass is 10.3. The molecule has 5 nitrogen and oxygen atoms in total. The van der Waals surface area contributed by atoms with Gasteiger partial charge in [-0.25, -0.2) is 4.98 Å². The fourth-order valence-electron chi connectivity index (χ4n) is 2.16. The first-order valence-corrected chi connectivity index (χ1v) is 9.38. The Labute approximate surface area is 153 Å². The van der Waals surface area contributed by atoms with E-state index in [-0.39, 0.29) is 5.91 Å². The van der Waals surface area contributed by atoms with Gasteiger partial charge in [-0.05, 0) is 24.3 Å². The fourth-order valence-corrected chi connectivity index (χ4v) is 4.13. The highest BCUT2D eigenvalue weighted by Gasteiger charge is 2.13. The second kappa shape index (κ2) is 7.46. The van der Waals surface area contributed by atoms with Gasteiger partial charge in [0.05, 0.1) is 34.8 Å². The maximum absolute atomic E-state index is 12.3. The third-order valence-electron chi connectivity index (χ3n) is 3.45. The van der Waals surface area contributed by atoms with Crippen LogP contribution in [0.2, 0.25) is 4.34 Å². The molecule has 0 fully saturated rings. The number of halogens is 1. The van der Waals surface area contributed by atoms with E-state index in [1.807, 2.05) is 30.3 Å². The molecule has 0 aliphatic carbocycles. The van der Waals surface area contributed by atoms with E-state index in [1.165, 1.54) is 23.1 Å². The first kappa shape index (κ1) is 17.1. The van der Waals surface area contributed by atoms with Crippen LogP contribution in [0, 0.1) is 0 Å². The number of hydrogen-bond donors (Lipinski definition) is 1. The topological polar surface area (TPSA) is 58.2 Å². The van der Waals surface area contributed by atoms with Gasteiger partial charge in [0.2, 0.25) is 5.91 Å². The second-order valence-corrected chi connectivity index (χ2v) is 7.93. The van der Waals surface area contributed by atoms with Crippen LogP contribution in [-0.4, -0.2) is 40.7 Å². The highest BCUT2D eigenvalue weighted by Crippen LogP contribution is 2.24. The number of H-pyrrole nitrogens is 1. The Hall–Kier alpha value is -1.70. The van der Waals surface area contributed by atoms with E-state index in [4.69, 9.17) is 16.3 Å². The van der Waals surface area contributed by atoms with Crippen LogP contribution in [0.5, 0.6) is 5.75 Å². The number of thiophene rings is 1. The van der Waals surface area contributed by atoms with Crippen molar-refractivity contribution in [2.24, 2.45) is 0 Å². The number of rotatable bonds is 6. The molecule has 126 valence electrons. The molecular weight excluding hydrogens is 366 g/mol. The summed E-state index contributed by atoms with van der Waals surface area (Å²) >= 11 is 8.79. The van der Waals surface area contributed by atoms with Crippen molar-refractivity contribution < 1.29 is 9.53 Å². The van der Waals surface area contributed by atoms with Crippen LogP contribution in [0.15, 0.2) is 35.5 Å². The molecule has 2 heterocycles. The molecule has 0 unspecified atom stereocenters. The van der Waals surface area contributed by atoms with Crippen molar-refractivity contribution in [2.45, 2.75) is 11.7 Å². The molecule has 0 aliphatic rings. The van der Waals surface area contributed by atoms with Crippen LogP contribution in [0.25, 0.3) is 11.0 Å². The van der Waals surface area contributed by atoms with Crippen molar-refractivity contribution >= 4 is 51.6 Å². The smallest absolute Gasteiger partial charge is 0.233 e. The van der Waals surface area contributed by atoms with E-state index < -0.39 is 0 Å². The Bertz CT molecular complexity index is 862. The quantitative estimate of drug-likeness (QED) is 0.655. The van der Waals surface area contributed by atoms with Gasteiger partial charge in [0.25, 0.3) is 0 Å². The van der Waals surface area contributed by atoms with Crippen molar-refractivity contribution in [3.8, 4) is 5.75 Å². The van der Waals surface area contributed by atoms with Crippen LogP contribution in [0.4, 0.5) is 0 Å². The van der Waals surface area contributed by atoms with E-state index in [0.717, 1.165) is 31.2 Å². The number of aromatic nitrogens is 2. The average molecular weight is 382 g/mol. The predicted molar refractivity (Wildman–Crippen MR) is 99.2 cm³/mol. The van der Waals surface area contributed by atoms with Crippen molar-refractivity contribution in [3.63, 3.8) is 0 Å². The van der Waals surface area contributed by atoms with E-state index >= 15 is 0 Å². The van der Waals surface area contributed by atoms with E-state index in [2.05, 4.69) is 9.97 Å². The van der Waals surface area contributed by atoms with E-state index in [1.54, 1.807) is 19.1 Å². The Morgan fingerprint density at radius 1 is 1.42 bits per heavy atom. The van der Waals surface area contributed by atoms with Gasteiger partial charge in [0, 0.05) is 18.0 Å². The maximum Gasteiger partial charge on any atom is 0.233 e. The molecule has 0 spiro atoms. The first-order chi connectivity index (χ1) is 11.5. The number of amides is 1. The molecule has 8 heteroatoms. The zero-order valence-corrected chi connectivity index (χ0v) is 15.6. The highest BCUT2D eigenvalue weighted by atomic mass is 35.5. The lowest BCUT2D eigenvalue weighted by Gasteiger charge is -2.15. The first-order valence-electron chi connectivity index (χ1n) is 7.20. The van der Waals surface area contributed by atoms with Gasteiger partial charge < -0.3 is 14.6 Å². The summed E-state index contributed by atoms with van der Waals surface area (Å²) in [6, 6.07) is 9.43. The fraction of sp³-hybridized carbons (Fsp3) is 0.250. The van der Waals surface area contributed by atoms with Crippen molar-refractivity contribution in [3.05, 3.63) is 39.5 Å². The third-order valence-corrected chi connectivity index (χ3v) is 5.52. The number of nitrogens with one attached hydrogen (secondary N) is 1. The second-order valence-electron chi connectivity index (χ2n) is 5.17. The summed E-state index contributed by atoms with van der Waals surface area (Å²) in [5.41, 5.74) is 1.75. The summed E-state index contributed by atoms with van der Waals surface area (Å²) in [6.45, 7) is 0.564. The molecule has 1 aromatic carbocycles. The number of benzene rings is 1. The maximum atomic E-state index is 12.3. The van der Waals surface area contributed by atoms with Crippen molar-refractivity contribution in [1.82, 2.24) is 14.9 Å². The van der Waals surface area contributed by atoms with E-state index in [0.29, 0.717) is 12.3 Å². The van der Waals surface area contributed by atoms with Gasteiger partial charge in [0.15, 0.2) is 5.16 Å². The van der Waals surface area contributed by atoms with Gasteiger partial charge >= 0.3 is 0 Å². The van der Waals surface area contributed by atoms with Crippen molar-refractivity contribution in [2.75, 3.05) is 19.9 Å². The van der Waals surface area contributed by atoms with Gasteiger partial charge in [-0.15, -0.1) is 11.3 Å². The lowest BCUT2D eigenvalue weighted by Crippen LogP contribution is -2.27. The summed E-state index contributed by atoms with van der Waals surface area (Å²) in [5, 5.41) is 0.721. The normalized spacial score (nSPS) is 11.0. The molecule has 3 rings (SSSR count). The van der Waals surface area contributed by atoms with Gasteiger partial charge in [-0.2, -0.15) is 0 Å². The zero-order chi connectivity index (χ0) is 17.1. The SMILES string of the molecule is COc1ccc2nc(SCC(=O)N(C)Cc3ccc(Cl)s3)[nH]c2c1. The van der Waals surface area contributed by atoms with Crippen molar-refractivity contribution in [1.29, 1.82) is 0 Å². The van der Waals surface area contributed by atoms with Crippen LogP contribution >= 0.6 is 34.7 Å². The summed E-state index contributed by atoms with van der Waals surface area (Å²) < 4.78 is 5.93. The highest BCUT2D eigenvalue weighted by molar-refractivity contribution is 7.99. The number of imidazole rings is 1. The largest absolute Gasteiger partial charge is 0.497 e. The molecule has 0 bridgehead atoms. The number of ether oxygens (including phenoxy) is 1. The summed E-state index contributed by atoms with van der Waals surface area (Å²) in [5.74, 6) is 1.14. The summed E-state index contributed by atoms with van der Waals surface area (Å²) in [7, 11) is 3.42. The Morgan fingerprint density at radius 2 is 2.25 bits per heavy atom. The summed E-state index contributed by atoms with van der Waals surface area (Å²) in [6.07, 6.45) is 0. The molecule has 0 aliphatic heterocycles. The predicted octanol–water partition coefficient (Wildman–Crippen LogP) is 4.04. The third kappa shape index (κ3) is 4.03. The van der Waals surface area contributed by atoms with Gasteiger partial charge in [-0.3, -0.25) is 4.79 Å². The van der Waals surface area contributed by atoms with Crippen LogP contribution < -0.4 is 4.74 Å². The standard InChI is InChI=1S/C16H16ClN3O2S2/c1-20(8-11-4-6-14(17)24-11)15(21)9-23-16-18-12-5-3-10(22-2)7-13(12)19-16/h3-7H,8-9H2,1-2H3,(H,18,19). The summed E-state index contributed by atoms with van der Waals surface area (Å²) in [4.78, 5) is 22.7. The van der Waals surface area contributed by atoms with Crippen LogP contribution in [0.3, 0.4) is 0 Å². The number of methoxy groups -OCH3 is 1. The Balaban J connectivity index is 1.59. The number of thioether (sulfide) groups is 1. The minimum atomic E-state index is 0.0440. The number of fused-ring (bicyclic) bond motifs is 1. The minimum absolute atomic E-state index is 0.0440. The van der Waals surface area contributed by atoms with Gasteiger partial charge in [-0.1, -0.05) is 23.4 Å². The minimum Gasteiger partial charge on any atom is -0.497 e. The number of carbonyl (C=O) groups is 1. The number of hydrogen-bond acceptors (Lipinski definition) is 5. The molecule has 0 radical (unpaired) electrons. The molecule has 1 N–H and O–H groups in total. The number of nitrogens with zero attached hydrogens (tertiary/aromatic N) is 2. The van der Waals surface area contributed by atoms with Crippen LogP contribution in [0.1, 0.15) is 4.88 Å². The molecule has 0 atom stereocenters. The zero-order valence-electron chi connectivity index (χ0n) is 13.2.